The van der Waals surface area contributed by atoms with Gasteiger partial charge in [0, 0.05) is 13.5 Å². The lowest BCUT2D eigenvalue weighted by Gasteiger charge is -2.06. The van der Waals surface area contributed by atoms with Crippen LogP contribution in [0.5, 0.6) is 0 Å². The fraction of sp³-hybridized carbons (Fsp3) is 0.500. The Balaban J connectivity index is 2.34. The van der Waals surface area contributed by atoms with Crippen molar-refractivity contribution in [3.05, 3.63) is 23.7 Å². The molecule has 0 aromatic carbocycles. The normalized spacial score (nSPS) is 10.8. The first-order valence-electron chi connectivity index (χ1n) is 6.43. The lowest BCUT2D eigenvalue weighted by atomic mass is 10.4. The molecule has 0 atom stereocenters. The van der Waals surface area contributed by atoms with E-state index >= 15 is 0 Å². The minimum Gasteiger partial charge on any atom is -0.461 e. The molecule has 0 aliphatic rings. The lowest BCUT2D eigenvalue weighted by molar-refractivity contribution is 0.0521. The molecule has 0 aliphatic heterocycles. The van der Waals surface area contributed by atoms with Gasteiger partial charge in [0.25, 0.3) is 0 Å². The molecule has 2 aromatic rings. The van der Waals surface area contributed by atoms with E-state index in [0.717, 1.165) is 0 Å². The fourth-order valence-electron chi connectivity index (χ4n) is 1.91. The van der Waals surface area contributed by atoms with Crippen LogP contribution in [0, 0.1) is 0 Å². The number of aromatic nitrogens is 5. The summed E-state index contributed by atoms with van der Waals surface area (Å²) in [7, 11) is 1.79. The van der Waals surface area contributed by atoms with Crippen LogP contribution in [0.25, 0.3) is 0 Å². The highest BCUT2D eigenvalue weighted by molar-refractivity contribution is 5.92. The number of hydrogen-bond acceptors (Lipinski definition) is 6. The molecule has 2 N–H and O–H groups in total. The van der Waals surface area contributed by atoms with E-state index in [1.807, 2.05) is 6.92 Å². The highest BCUT2D eigenvalue weighted by Gasteiger charge is 2.21. The van der Waals surface area contributed by atoms with E-state index in [0.29, 0.717) is 24.6 Å². The van der Waals surface area contributed by atoms with E-state index < -0.39 is 5.97 Å². The monoisotopic (exact) mass is 278 g/mol. The van der Waals surface area contributed by atoms with Gasteiger partial charge in [-0.25, -0.2) is 14.8 Å². The first-order chi connectivity index (χ1) is 9.56. The number of carbonyl (C=O) groups excluding carboxylic acids is 1. The molecule has 0 amide bonds. The topological polar surface area (TPSA) is 101 Å². The van der Waals surface area contributed by atoms with E-state index in [4.69, 9.17) is 10.5 Å². The van der Waals surface area contributed by atoms with Gasteiger partial charge in [-0.15, -0.1) is 0 Å². The second kappa shape index (κ2) is 5.72. The van der Waals surface area contributed by atoms with E-state index in [9.17, 15) is 4.79 Å². The molecule has 8 nitrogen and oxygen atoms in total. The average molecular weight is 278 g/mol. The lowest BCUT2D eigenvalue weighted by Crippen LogP contribution is -2.12. The van der Waals surface area contributed by atoms with Gasteiger partial charge < -0.3 is 15.0 Å². The number of carbonyl (C=O) groups is 1. The van der Waals surface area contributed by atoms with Crippen LogP contribution < -0.4 is 5.73 Å². The van der Waals surface area contributed by atoms with Crippen LogP contribution in [0.2, 0.25) is 0 Å². The Morgan fingerprint density at radius 1 is 1.45 bits per heavy atom. The minimum atomic E-state index is -0.507. The molecule has 0 bridgehead atoms. The summed E-state index contributed by atoms with van der Waals surface area (Å²) < 4.78 is 8.29. The van der Waals surface area contributed by atoms with Crippen molar-refractivity contribution in [2.45, 2.75) is 26.8 Å². The Bertz CT molecular complexity index is 615. The Labute approximate surface area is 116 Å². The largest absolute Gasteiger partial charge is 0.461 e. The van der Waals surface area contributed by atoms with Gasteiger partial charge >= 0.3 is 5.97 Å². The second-order valence-corrected chi connectivity index (χ2v) is 4.26. The number of ether oxygens (including phenoxy) is 1. The van der Waals surface area contributed by atoms with Gasteiger partial charge in [0.05, 0.1) is 13.2 Å². The quantitative estimate of drug-likeness (QED) is 0.793. The van der Waals surface area contributed by atoms with Gasteiger partial charge in [-0.05, 0) is 6.92 Å². The number of imidazole rings is 1. The van der Waals surface area contributed by atoms with Crippen molar-refractivity contribution in [3.63, 3.8) is 0 Å². The summed E-state index contributed by atoms with van der Waals surface area (Å²) in [6.45, 7) is 4.35. The molecule has 2 rings (SSSR count). The maximum Gasteiger partial charge on any atom is 0.360 e. The van der Waals surface area contributed by atoms with E-state index in [1.165, 1.54) is 0 Å². The molecule has 8 heteroatoms. The molecule has 2 aromatic heterocycles. The van der Waals surface area contributed by atoms with Crippen LogP contribution in [0.1, 0.15) is 36.0 Å². The first-order valence-corrected chi connectivity index (χ1v) is 6.43. The van der Waals surface area contributed by atoms with Gasteiger partial charge in [-0.2, -0.15) is 5.10 Å². The Morgan fingerprint density at radius 3 is 2.75 bits per heavy atom. The number of esters is 1. The number of nitrogens with two attached hydrogens (primary N) is 1. The third kappa shape index (κ3) is 2.63. The summed E-state index contributed by atoms with van der Waals surface area (Å²) in [6, 6.07) is 0. The van der Waals surface area contributed by atoms with Crippen LogP contribution in [0.3, 0.4) is 0 Å². The SMILES string of the molecule is CCOC(=O)c1nc(CC)n(Cc2ncn(C)n2)c1N. The number of aryl methyl sites for hydroxylation is 2. The van der Waals surface area contributed by atoms with Gasteiger partial charge in [-0.3, -0.25) is 4.68 Å². The zero-order valence-electron chi connectivity index (χ0n) is 11.8. The third-order valence-corrected chi connectivity index (χ3v) is 2.82. The summed E-state index contributed by atoms with van der Waals surface area (Å²) in [5.41, 5.74) is 6.16. The average Bonchev–Trinajstić information content (AvgIpc) is 2.96. The van der Waals surface area contributed by atoms with Crippen molar-refractivity contribution in [3.8, 4) is 0 Å². The summed E-state index contributed by atoms with van der Waals surface area (Å²) in [5, 5.41) is 4.20. The number of rotatable bonds is 5. The van der Waals surface area contributed by atoms with Gasteiger partial charge in [0.2, 0.25) is 0 Å². The predicted octanol–water partition coefficient (Wildman–Crippen LogP) is 0.381. The second-order valence-electron chi connectivity index (χ2n) is 4.26. The first kappa shape index (κ1) is 14.0. The molecule has 0 aliphatic carbocycles. The summed E-state index contributed by atoms with van der Waals surface area (Å²) >= 11 is 0. The zero-order chi connectivity index (χ0) is 14.7. The molecule has 0 unspecified atom stereocenters. The smallest absolute Gasteiger partial charge is 0.360 e. The summed E-state index contributed by atoms with van der Waals surface area (Å²) in [4.78, 5) is 20.2. The van der Waals surface area contributed by atoms with Crippen molar-refractivity contribution < 1.29 is 9.53 Å². The molecule has 0 saturated carbocycles. The predicted molar refractivity (Wildman–Crippen MR) is 72.1 cm³/mol. The van der Waals surface area contributed by atoms with Gasteiger partial charge in [0.1, 0.15) is 18.0 Å². The van der Waals surface area contributed by atoms with Crippen molar-refractivity contribution >= 4 is 11.8 Å². The van der Waals surface area contributed by atoms with Crippen molar-refractivity contribution in [1.82, 2.24) is 24.3 Å². The highest BCUT2D eigenvalue weighted by Crippen LogP contribution is 2.17. The van der Waals surface area contributed by atoms with E-state index in [2.05, 4.69) is 15.1 Å². The van der Waals surface area contributed by atoms with Crippen molar-refractivity contribution in [2.24, 2.45) is 7.05 Å². The summed E-state index contributed by atoms with van der Waals surface area (Å²) in [5.74, 6) is 1.10. The molecule has 0 fully saturated rings. The molecule has 0 saturated heterocycles. The molecule has 108 valence electrons. The van der Waals surface area contributed by atoms with Gasteiger partial charge in [0.15, 0.2) is 11.5 Å². The maximum absolute atomic E-state index is 11.8. The Hall–Kier alpha value is -2.38. The standard InChI is InChI=1S/C12H18N6O2/c1-4-9-15-10(12(19)20-5-2)11(13)18(9)6-8-14-7-17(3)16-8/h7H,4-6,13H2,1-3H3. The molecule has 2 heterocycles. The molecule has 0 spiro atoms. The van der Waals surface area contributed by atoms with Crippen LogP contribution >= 0.6 is 0 Å². The van der Waals surface area contributed by atoms with Crippen LogP contribution in [0.4, 0.5) is 5.82 Å². The van der Waals surface area contributed by atoms with Gasteiger partial charge in [-0.1, -0.05) is 6.92 Å². The third-order valence-electron chi connectivity index (χ3n) is 2.82. The number of nitrogens with zero attached hydrogens (tertiary/aromatic N) is 5. The van der Waals surface area contributed by atoms with E-state index in [1.54, 1.807) is 29.5 Å². The molecular formula is C12H18N6O2. The maximum atomic E-state index is 11.8. The molecular weight excluding hydrogens is 260 g/mol. The number of anilines is 1. The highest BCUT2D eigenvalue weighted by atomic mass is 16.5. The van der Waals surface area contributed by atoms with Crippen LogP contribution in [-0.2, 0) is 24.8 Å². The Morgan fingerprint density at radius 2 is 2.20 bits per heavy atom. The zero-order valence-corrected chi connectivity index (χ0v) is 11.8. The van der Waals surface area contributed by atoms with E-state index in [-0.39, 0.29) is 18.1 Å². The summed E-state index contributed by atoms with van der Waals surface area (Å²) in [6.07, 6.45) is 2.26. The minimum absolute atomic E-state index is 0.152. The van der Waals surface area contributed by atoms with Crippen molar-refractivity contribution in [2.75, 3.05) is 12.3 Å². The number of hydrogen-bond donors (Lipinski definition) is 1. The van der Waals surface area contributed by atoms with Crippen molar-refractivity contribution in [1.29, 1.82) is 0 Å². The van der Waals surface area contributed by atoms with Crippen LogP contribution in [-0.4, -0.2) is 36.9 Å². The molecule has 20 heavy (non-hydrogen) atoms. The number of nitrogen functional groups attached to an aromatic ring is 1. The molecule has 0 radical (unpaired) electrons. The van der Waals surface area contributed by atoms with Crippen LogP contribution in [0.15, 0.2) is 6.33 Å². The Kier molecular flexibility index (Phi) is 4.02. The fourth-order valence-corrected chi connectivity index (χ4v) is 1.91.